The lowest BCUT2D eigenvalue weighted by molar-refractivity contribution is -0.197. The molecule has 2 unspecified atom stereocenters. The zero-order chi connectivity index (χ0) is 16.3. The summed E-state index contributed by atoms with van der Waals surface area (Å²) in [7, 11) is 0. The predicted octanol–water partition coefficient (Wildman–Crippen LogP) is -0.269. The minimum atomic E-state index is -4.52. The van der Waals surface area contributed by atoms with Crippen molar-refractivity contribution in [2.45, 2.75) is 44.6 Å². The van der Waals surface area contributed by atoms with Crippen LogP contribution in [-0.2, 0) is 16.1 Å². The number of nitrogens with one attached hydrogen (secondary N) is 1. The largest absolute Gasteiger partial charge is 0.408 e. The maximum atomic E-state index is 13.1. The number of carbonyl (C=O) groups is 2. The molecular weight excluding hydrogens is 305 g/mol. The number of halogens is 3. The standard InChI is InChI=1S/C11H15F3N6O2/c1-7(21)16-8-2-3-9(11(12,13)14)20(4-8)10(22)5-19-6-15-17-18-19/h6,8-9H,2-5H2,1H3,(H,16,21). The first-order valence-electron chi connectivity index (χ1n) is 6.61. The topological polar surface area (TPSA) is 93.0 Å². The second kappa shape index (κ2) is 6.28. The second-order valence-electron chi connectivity index (χ2n) is 5.09. The average Bonchev–Trinajstić information content (AvgIpc) is 2.89. The zero-order valence-electron chi connectivity index (χ0n) is 11.7. The molecule has 0 saturated carbocycles. The van der Waals surface area contributed by atoms with Gasteiger partial charge in [0.2, 0.25) is 11.8 Å². The Labute approximate surface area is 123 Å². The maximum absolute atomic E-state index is 13.1. The fourth-order valence-corrected chi connectivity index (χ4v) is 2.47. The Morgan fingerprint density at radius 2 is 2.09 bits per heavy atom. The minimum absolute atomic E-state index is 0.165. The SMILES string of the molecule is CC(=O)NC1CCC(C(F)(F)F)N(C(=O)Cn2cnnn2)C1. The number of amides is 2. The highest BCUT2D eigenvalue weighted by atomic mass is 19.4. The number of rotatable bonds is 3. The molecule has 1 aromatic heterocycles. The third-order valence-electron chi connectivity index (χ3n) is 3.38. The molecule has 0 aliphatic carbocycles. The third kappa shape index (κ3) is 3.92. The Morgan fingerprint density at radius 3 is 2.64 bits per heavy atom. The summed E-state index contributed by atoms with van der Waals surface area (Å²) in [5, 5.41) is 12.7. The van der Waals surface area contributed by atoms with Crippen LogP contribution < -0.4 is 5.32 Å². The molecule has 2 rings (SSSR count). The van der Waals surface area contributed by atoms with Crippen LogP contribution in [0, 0.1) is 0 Å². The highest BCUT2D eigenvalue weighted by Gasteiger charge is 2.48. The summed E-state index contributed by atoms with van der Waals surface area (Å²) < 4.78 is 40.3. The summed E-state index contributed by atoms with van der Waals surface area (Å²) in [5.74, 6) is -1.09. The van der Waals surface area contributed by atoms with E-state index in [2.05, 4.69) is 20.8 Å². The van der Waals surface area contributed by atoms with Gasteiger partial charge in [-0.1, -0.05) is 0 Å². The van der Waals surface area contributed by atoms with Crippen LogP contribution in [0.5, 0.6) is 0 Å². The molecule has 22 heavy (non-hydrogen) atoms. The summed E-state index contributed by atoms with van der Waals surface area (Å²) in [4.78, 5) is 23.9. The number of tetrazole rings is 1. The van der Waals surface area contributed by atoms with E-state index in [0.29, 0.717) is 0 Å². The quantitative estimate of drug-likeness (QED) is 0.828. The summed E-state index contributed by atoms with van der Waals surface area (Å²) in [6.07, 6.45) is -3.46. The van der Waals surface area contributed by atoms with Crippen LogP contribution in [0.25, 0.3) is 0 Å². The van der Waals surface area contributed by atoms with E-state index in [4.69, 9.17) is 0 Å². The fraction of sp³-hybridized carbons (Fsp3) is 0.727. The molecule has 1 aromatic rings. The van der Waals surface area contributed by atoms with Crippen molar-refractivity contribution in [1.82, 2.24) is 30.4 Å². The lowest BCUT2D eigenvalue weighted by Crippen LogP contribution is -2.58. The predicted molar refractivity (Wildman–Crippen MR) is 66.2 cm³/mol. The van der Waals surface area contributed by atoms with E-state index < -0.39 is 24.2 Å². The first-order chi connectivity index (χ1) is 10.3. The van der Waals surface area contributed by atoms with Crippen LogP contribution in [0.1, 0.15) is 19.8 Å². The Bertz CT molecular complexity index is 532. The van der Waals surface area contributed by atoms with Crippen molar-refractivity contribution in [1.29, 1.82) is 0 Å². The Kier molecular flexibility index (Phi) is 4.62. The lowest BCUT2D eigenvalue weighted by atomic mass is 9.97. The highest BCUT2D eigenvalue weighted by Crippen LogP contribution is 2.32. The number of hydrogen-bond donors (Lipinski definition) is 1. The summed E-state index contributed by atoms with van der Waals surface area (Å²) in [6.45, 7) is 0.709. The van der Waals surface area contributed by atoms with E-state index in [-0.39, 0.29) is 31.8 Å². The first kappa shape index (κ1) is 16.2. The van der Waals surface area contributed by atoms with Crippen LogP contribution in [0.3, 0.4) is 0 Å². The average molecular weight is 320 g/mol. The van der Waals surface area contributed by atoms with E-state index in [1.807, 2.05) is 0 Å². The van der Waals surface area contributed by atoms with Crippen molar-refractivity contribution in [2.75, 3.05) is 6.54 Å². The monoisotopic (exact) mass is 320 g/mol. The molecule has 1 N–H and O–H groups in total. The van der Waals surface area contributed by atoms with Crippen molar-refractivity contribution in [3.05, 3.63) is 6.33 Å². The third-order valence-corrected chi connectivity index (χ3v) is 3.38. The molecule has 1 aliphatic rings. The number of hydrogen-bond acceptors (Lipinski definition) is 5. The van der Waals surface area contributed by atoms with Gasteiger partial charge in [0, 0.05) is 19.5 Å². The van der Waals surface area contributed by atoms with Crippen molar-refractivity contribution in [3.8, 4) is 0 Å². The van der Waals surface area contributed by atoms with Gasteiger partial charge in [-0.25, -0.2) is 4.68 Å². The van der Waals surface area contributed by atoms with Crippen molar-refractivity contribution in [3.63, 3.8) is 0 Å². The van der Waals surface area contributed by atoms with Gasteiger partial charge in [0.25, 0.3) is 0 Å². The number of nitrogens with zero attached hydrogens (tertiary/aromatic N) is 5. The molecule has 1 fully saturated rings. The summed E-state index contributed by atoms with van der Waals surface area (Å²) >= 11 is 0. The van der Waals surface area contributed by atoms with E-state index in [9.17, 15) is 22.8 Å². The minimum Gasteiger partial charge on any atom is -0.352 e. The number of carbonyl (C=O) groups excluding carboxylic acids is 2. The lowest BCUT2D eigenvalue weighted by Gasteiger charge is -2.40. The van der Waals surface area contributed by atoms with Gasteiger partial charge in [0.05, 0.1) is 0 Å². The van der Waals surface area contributed by atoms with Crippen molar-refractivity contribution in [2.24, 2.45) is 0 Å². The van der Waals surface area contributed by atoms with Gasteiger partial charge >= 0.3 is 6.18 Å². The molecule has 0 radical (unpaired) electrons. The van der Waals surface area contributed by atoms with Gasteiger partial charge < -0.3 is 10.2 Å². The molecule has 0 aromatic carbocycles. The first-order valence-corrected chi connectivity index (χ1v) is 6.61. The Morgan fingerprint density at radius 1 is 1.36 bits per heavy atom. The van der Waals surface area contributed by atoms with Gasteiger partial charge in [0.15, 0.2) is 0 Å². The van der Waals surface area contributed by atoms with Gasteiger partial charge in [0.1, 0.15) is 18.9 Å². The van der Waals surface area contributed by atoms with Crippen LogP contribution in [0.15, 0.2) is 6.33 Å². The zero-order valence-corrected chi connectivity index (χ0v) is 11.7. The molecule has 122 valence electrons. The fourth-order valence-electron chi connectivity index (χ4n) is 2.47. The molecule has 2 amide bonds. The number of alkyl halides is 3. The second-order valence-corrected chi connectivity index (χ2v) is 5.09. The molecule has 11 heteroatoms. The highest BCUT2D eigenvalue weighted by molar-refractivity contribution is 5.77. The molecule has 2 heterocycles. The van der Waals surface area contributed by atoms with Crippen LogP contribution in [-0.4, -0.2) is 61.7 Å². The molecule has 8 nitrogen and oxygen atoms in total. The molecule has 0 spiro atoms. The van der Waals surface area contributed by atoms with Gasteiger partial charge in [-0.15, -0.1) is 5.10 Å². The van der Waals surface area contributed by atoms with Gasteiger partial charge in [-0.2, -0.15) is 13.2 Å². The molecule has 0 bridgehead atoms. The van der Waals surface area contributed by atoms with E-state index >= 15 is 0 Å². The Balaban J connectivity index is 2.12. The smallest absolute Gasteiger partial charge is 0.352 e. The number of aromatic nitrogens is 4. The molecule has 2 atom stereocenters. The van der Waals surface area contributed by atoms with E-state index in [1.54, 1.807) is 0 Å². The summed E-state index contributed by atoms with van der Waals surface area (Å²) in [5.41, 5.74) is 0. The normalized spacial score (nSPS) is 22.5. The van der Waals surface area contributed by atoms with Crippen molar-refractivity contribution >= 4 is 11.8 Å². The van der Waals surface area contributed by atoms with E-state index in [0.717, 1.165) is 15.9 Å². The van der Waals surface area contributed by atoms with Crippen LogP contribution >= 0.6 is 0 Å². The summed E-state index contributed by atoms with van der Waals surface area (Å²) in [6, 6.07) is -2.35. The number of piperidine rings is 1. The van der Waals surface area contributed by atoms with Crippen LogP contribution in [0.2, 0.25) is 0 Å². The Hall–Kier alpha value is -2.20. The number of likely N-dealkylation sites (tertiary alicyclic amines) is 1. The molecular formula is C11H15F3N6O2. The van der Waals surface area contributed by atoms with Gasteiger partial charge in [-0.3, -0.25) is 9.59 Å². The van der Waals surface area contributed by atoms with E-state index in [1.165, 1.54) is 6.92 Å². The van der Waals surface area contributed by atoms with Crippen LogP contribution in [0.4, 0.5) is 13.2 Å². The maximum Gasteiger partial charge on any atom is 0.408 e. The molecule has 1 saturated heterocycles. The van der Waals surface area contributed by atoms with Crippen molar-refractivity contribution < 1.29 is 22.8 Å². The van der Waals surface area contributed by atoms with Gasteiger partial charge in [-0.05, 0) is 23.3 Å². The molecule has 1 aliphatic heterocycles.